The van der Waals surface area contributed by atoms with Crippen LogP contribution in [0.5, 0.6) is 0 Å². The molecule has 0 radical (unpaired) electrons. The summed E-state index contributed by atoms with van der Waals surface area (Å²) >= 11 is 0. The minimum absolute atomic E-state index is 0.155. The van der Waals surface area contributed by atoms with Crippen LogP contribution in [0.25, 0.3) is 5.69 Å². The van der Waals surface area contributed by atoms with E-state index in [0.717, 1.165) is 6.07 Å². The molecule has 106 valence electrons. The van der Waals surface area contributed by atoms with Crippen molar-refractivity contribution in [1.29, 1.82) is 0 Å². The molecule has 0 aliphatic carbocycles. The Kier molecular flexibility index (Phi) is 4.14. The minimum Gasteiger partial charge on any atom is -0.464 e. The van der Waals surface area contributed by atoms with Crippen LogP contribution in [0.1, 0.15) is 24.4 Å². The van der Waals surface area contributed by atoms with E-state index >= 15 is 0 Å². The molecule has 0 bridgehead atoms. The Morgan fingerprint density at radius 1 is 1.55 bits per heavy atom. The number of aliphatic hydroxyl groups excluding tert-OH is 1. The molecule has 0 fully saturated rings. The van der Waals surface area contributed by atoms with Gasteiger partial charge in [-0.25, -0.2) is 14.2 Å². The van der Waals surface area contributed by atoms with E-state index in [1.165, 1.54) is 12.1 Å². The maximum Gasteiger partial charge on any atom is 0.339 e. The number of imidazole rings is 1. The fourth-order valence-electron chi connectivity index (χ4n) is 1.88. The monoisotopic (exact) mass is 278 g/mol. The van der Waals surface area contributed by atoms with Crippen molar-refractivity contribution in [2.24, 2.45) is 0 Å². The van der Waals surface area contributed by atoms with Crippen molar-refractivity contribution in [2.45, 2.75) is 20.0 Å². The average Bonchev–Trinajstić information content (AvgIpc) is 2.84. The van der Waals surface area contributed by atoms with Crippen LogP contribution in [0, 0.1) is 12.7 Å². The number of carbonyl (C=O) groups excluding carboxylic acids is 1. The van der Waals surface area contributed by atoms with Crippen LogP contribution < -0.4 is 0 Å². The van der Waals surface area contributed by atoms with Crippen molar-refractivity contribution in [1.82, 2.24) is 9.55 Å². The molecule has 1 atom stereocenters. The zero-order chi connectivity index (χ0) is 14.7. The minimum atomic E-state index is -1.48. The molecule has 5 nitrogen and oxygen atoms in total. The molecule has 0 saturated carbocycles. The quantitative estimate of drug-likeness (QED) is 0.868. The van der Waals surface area contributed by atoms with Gasteiger partial charge in [-0.15, -0.1) is 0 Å². The lowest BCUT2D eigenvalue weighted by molar-refractivity contribution is -0.153. The summed E-state index contributed by atoms with van der Waals surface area (Å²) in [5, 5.41) is 9.76. The lowest BCUT2D eigenvalue weighted by Crippen LogP contribution is -2.15. The molecular weight excluding hydrogens is 263 g/mol. The van der Waals surface area contributed by atoms with E-state index in [-0.39, 0.29) is 12.2 Å². The largest absolute Gasteiger partial charge is 0.464 e. The number of esters is 1. The van der Waals surface area contributed by atoms with Crippen LogP contribution in [-0.4, -0.2) is 27.2 Å². The van der Waals surface area contributed by atoms with Gasteiger partial charge in [-0.05, 0) is 31.5 Å². The van der Waals surface area contributed by atoms with Crippen molar-refractivity contribution >= 4 is 5.97 Å². The summed E-state index contributed by atoms with van der Waals surface area (Å²) in [5.41, 5.74) is 0.460. The Morgan fingerprint density at radius 2 is 2.30 bits per heavy atom. The van der Waals surface area contributed by atoms with E-state index in [4.69, 9.17) is 4.74 Å². The Balaban J connectivity index is 2.31. The Hall–Kier alpha value is -2.21. The van der Waals surface area contributed by atoms with Crippen molar-refractivity contribution < 1.29 is 19.0 Å². The molecule has 1 aromatic carbocycles. The molecule has 1 heterocycles. The lowest BCUT2D eigenvalue weighted by atomic mass is 10.1. The van der Waals surface area contributed by atoms with Crippen LogP contribution in [-0.2, 0) is 9.53 Å². The Morgan fingerprint density at radius 3 is 2.85 bits per heavy atom. The van der Waals surface area contributed by atoms with Gasteiger partial charge in [0, 0.05) is 12.4 Å². The van der Waals surface area contributed by atoms with Crippen LogP contribution >= 0.6 is 0 Å². The number of hydrogen-bond acceptors (Lipinski definition) is 4. The second-order valence-corrected chi connectivity index (χ2v) is 4.21. The van der Waals surface area contributed by atoms with Gasteiger partial charge in [-0.2, -0.15) is 0 Å². The smallest absolute Gasteiger partial charge is 0.339 e. The molecule has 0 aliphatic heterocycles. The van der Waals surface area contributed by atoms with Gasteiger partial charge in [0.15, 0.2) is 6.10 Å². The van der Waals surface area contributed by atoms with E-state index < -0.39 is 17.9 Å². The number of carbonyl (C=O) groups is 1. The number of aryl methyl sites for hydroxylation is 1. The second-order valence-electron chi connectivity index (χ2n) is 4.21. The van der Waals surface area contributed by atoms with Crippen molar-refractivity contribution in [2.75, 3.05) is 6.61 Å². The average molecular weight is 278 g/mol. The fraction of sp³-hybridized carbons (Fsp3) is 0.286. The third-order valence-corrected chi connectivity index (χ3v) is 2.88. The van der Waals surface area contributed by atoms with Gasteiger partial charge in [0.2, 0.25) is 0 Å². The molecule has 0 saturated heterocycles. The van der Waals surface area contributed by atoms with Gasteiger partial charge in [0.05, 0.1) is 12.3 Å². The molecule has 20 heavy (non-hydrogen) atoms. The van der Waals surface area contributed by atoms with Gasteiger partial charge in [-0.3, -0.25) is 0 Å². The predicted octanol–water partition coefficient (Wildman–Crippen LogP) is 1.92. The van der Waals surface area contributed by atoms with Crippen molar-refractivity contribution in [3.8, 4) is 5.69 Å². The van der Waals surface area contributed by atoms with Gasteiger partial charge < -0.3 is 14.4 Å². The summed E-state index contributed by atoms with van der Waals surface area (Å²) in [6.07, 6.45) is 1.72. The van der Waals surface area contributed by atoms with E-state index in [2.05, 4.69) is 4.98 Å². The molecular formula is C14H15FN2O3. The van der Waals surface area contributed by atoms with E-state index in [1.807, 2.05) is 0 Å². The lowest BCUT2D eigenvalue weighted by Gasteiger charge is -2.12. The highest BCUT2D eigenvalue weighted by atomic mass is 19.1. The summed E-state index contributed by atoms with van der Waals surface area (Å²) in [6.45, 7) is 3.54. The third kappa shape index (κ3) is 2.70. The van der Waals surface area contributed by atoms with Crippen LogP contribution in [0.2, 0.25) is 0 Å². The maximum atomic E-state index is 14.1. The summed E-state index contributed by atoms with van der Waals surface area (Å²) < 4.78 is 20.4. The summed E-state index contributed by atoms with van der Waals surface area (Å²) in [6, 6.07) is 4.09. The van der Waals surface area contributed by atoms with E-state index in [1.54, 1.807) is 30.8 Å². The first-order chi connectivity index (χ1) is 9.54. The van der Waals surface area contributed by atoms with Crippen molar-refractivity contribution in [3.63, 3.8) is 0 Å². The molecule has 1 N–H and O–H groups in total. The molecule has 0 spiro atoms. The molecule has 1 unspecified atom stereocenters. The zero-order valence-electron chi connectivity index (χ0n) is 11.2. The van der Waals surface area contributed by atoms with Crippen molar-refractivity contribution in [3.05, 3.63) is 47.8 Å². The first-order valence-electron chi connectivity index (χ1n) is 6.19. The second kappa shape index (κ2) is 5.83. The third-order valence-electron chi connectivity index (χ3n) is 2.88. The van der Waals surface area contributed by atoms with Gasteiger partial charge >= 0.3 is 5.97 Å². The first kappa shape index (κ1) is 14.2. The number of halogens is 1. The summed E-state index contributed by atoms with van der Waals surface area (Å²) in [7, 11) is 0. The Labute approximate surface area is 115 Å². The van der Waals surface area contributed by atoms with Gasteiger partial charge in [0.1, 0.15) is 11.6 Å². The molecule has 2 aromatic rings. The van der Waals surface area contributed by atoms with Gasteiger partial charge in [-0.1, -0.05) is 6.07 Å². The van der Waals surface area contributed by atoms with Crippen LogP contribution in [0.3, 0.4) is 0 Å². The molecule has 1 aromatic heterocycles. The fourth-order valence-corrected chi connectivity index (χ4v) is 1.88. The van der Waals surface area contributed by atoms with E-state index in [9.17, 15) is 14.3 Å². The molecule has 0 aliphatic rings. The molecule has 6 heteroatoms. The van der Waals surface area contributed by atoms with Gasteiger partial charge in [0.25, 0.3) is 0 Å². The number of aliphatic hydroxyl groups is 1. The SMILES string of the molecule is CCOC(=O)C(O)c1ccc(-n2ccnc2C)c(F)c1. The number of rotatable bonds is 4. The summed E-state index contributed by atoms with van der Waals surface area (Å²) in [5.74, 6) is -0.701. The molecule has 2 rings (SSSR count). The number of hydrogen-bond donors (Lipinski definition) is 1. The standard InChI is InChI=1S/C14H15FN2O3/c1-3-20-14(19)13(18)10-4-5-12(11(15)8-10)17-7-6-16-9(17)2/h4-8,13,18H,3H2,1-2H3. The number of aromatic nitrogens is 2. The number of benzene rings is 1. The highest BCUT2D eigenvalue weighted by Gasteiger charge is 2.20. The first-order valence-corrected chi connectivity index (χ1v) is 6.19. The maximum absolute atomic E-state index is 14.1. The van der Waals surface area contributed by atoms with Crippen LogP contribution in [0.4, 0.5) is 4.39 Å². The summed E-state index contributed by atoms with van der Waals surface area (Å²) in [4.78, 5) is 15.4. The number of ether oxygens (including phenoxy) is 1. The highest BCUT2D eigenvalue weighted by Crippen LogP contribution is 2.21. The molecule has 0 amide bonds. The number of nitrogens with zero attached hydrogens (tertiary/aromatic N) is 2. The Bertz CT molecular complexity index is 625. The predicted molar refractivity (Wildman–Crippen MR) is 69.9 cm³/mol. The van der Waals surface area contributed by atoms with E-state index in [0.29, 0.717) is 11.5 Å². The highest BCUT2D eigenvalue weighted by molar-refractivity contribution is 5.76. The van der Waals surface area contributed by atoms with Crippen LogP contribution in [0.15, 0.2) is 30.6 Å². The topological polar surface area (TPSA) is 64.3 Å². The normalized spacial score (nSPS) is 12.2. The zero-order valence-corrected chi connectivity index (χ0v) is 11.2.